The van der Waals surface area contributed by atoms with Crippen molar-refractivity contribution in [1.29, 1.82) is 0 Å². The van der Waals surface area contributed by atoms with Crippen LogP contribution < -0.4 is 4.74 Å². The van der Waals surface area contributed by atoms with E-state index >= 15 is 0 Å². The third kappa shape index (κ3) is 4.25. The molecule has 1 amide bonds. The first-order valence-corrected chi connectivity index (χ1v) is 8.38. The summed E-state index contributed by atoms with van der Waals surface area (Å²) in [5, 5.41) is 0. The minimum atomic E-state index is 0.106. The largest absolute Gasteiger partial charge is 0.483 e. The summed E-state index contributed by atoms with van der Waals surface area (Å²) in [6.07, 6.45) is 1.21. The molecule has 1 saturated heterocycles. The second kappa shape index (κ2) is 7.17. The van der Waals surface area contributed by atoms with Gasteiger partial charge in [0.05, 0.1) is 0 Å². The molecule has 1 aliphatic heterocycles. The zero-order valence-electron chi connectivity index (χ0n) is 14.6. The molecule has 0 aliphatic carbocycles. The summed E-state index contributed by atoms with van der Waals surface area (Å²) in [4.78, 5) is 14.4. The Balaban J connectivity index is 2.00. The van der Waals surface area contributed by atoms with Crippen LogP contribution >= 0.6 is 0 Å². The molecule has 1 heterocycles. The topological polar surface area (TPSA) is 29.5 Å². The second-order valence-electron chi connectivity index (χ2n) is 7.23. The number of amides is 1. The monoisotopic (exact) mass is 303 g/mol. The molecule has 3 nitrogen and oxygen atoms in total. The first kappa shape index (κ1) is 16.9. The van der Waals surface area contributed by atoms with Gasteiger partial charge in [-0.15, -0.1) is 0 Å². The number of benzene rings is 1. The molecule has 122 valence electrons. The number of hydrogen-bond donors (Lipinski definition) is 0. The molecule has 0 aromatic heterocycles. The quantitative estimate of drug-likeness (QED) is 0.841. The summed E-state index contributed by atoms with van der Waals surface area (Å²) < 4.78 is 5.87. The average molecular weight is 303 g/mol. The molecule has 1 aliphatic rings. The fourth-order valence-electron chi connectivity index (χ4n) is 3.34. The molecule has 1 aromatic carbocycles. The maximum Gasteiger partial charge on any atom is 0.260 e. The summed E-state index contributed by atoms with van der Waals surface area (Å²) in [6, 6.07) is 6.23. The third-order valence-electron chi connectivity index (χ3n) is 4.36. The summed E-state index contributed by atoms with van der Waals surface area (Å²) in [5.74, 6) is 2.51. The van der Waals surface area contributed by atoms with Crippen LogP contribution in [-0.4, -0.2) is 30.5 Å². The molecule has 22 heavy (non-hydrogen) atoms. The van der Waals surface area contributed by atoms with E-state index in [4.69, 9.17) is 4.74 Å². The minimum Gasteiger partial charge on any atom is -0.483 e. The highest BCUT2D eigenvalue weighted by Gasteiger charge is 2.25. The third-order valence-corrected chi connectivity index (χ3v) is 4.36. The van der Waals surface area contributed by atoms with Crippen molar-refractivity contribution in [2.45, 2.75) is 47.0 Å². The Morgan fingerprint density at radius 1 is 1.27 bits per heavy atom. The number of carbonyl (C=O) groups is 1. The van der Waals surface area contributed by atoms with Crippen molar-refractivity contribution in [3.05, 3.63) is 29.3 Å². The van der Waals surface area contributed by atoms with Crippen LogP contribution in [0.5, 0.6) is 5.75 Å². The van der Waals surface area contributed by atoms with Crippen molar-refractivity contribution in [3.8, 4) is 5.75 Å². The zero-order valence-corrected chi connectivity index (χ0v) is 14.6. The number of ether oxygens (including phenoxy) is 1. The van der Waals surface area contributed by atoms with Gasteiger partial charge in [-0.3, -0.25) is 4.79 Å². The van der Waals surface area contributed by atoms with Crippen molar-refractivity contribution in [3.63, 3.8) is 0 Å². The SMILES string of the molecule is Cc1ccc(C(C)C)c(OCC(=O)N2CC(C)CC(C)C2)c1. The Morgan fingerprint density at radius 3 is 2.50 bits per heavy atom. The van der Waals surface area contributed by atoms with E-state index in [1.807, 2.05) is 17.9 Å². The lowest BCUT2D eigenvalue weighted by atomic mass is 9.92. The molecule has 1 fully saturated rings. The standard InChI is InChI=1S/C19H29NO2/c1-13(2)17-7-6-14(3)9-18(17)22-12-19(21)20-10-15(4)8-16(5)11-20/h6-7,9,13,15-16H,8,10-12H2,1-5H3. The van der Waals surface area contributed by atoms with E-state index in [1.54, 1.807) is 0 Å². The van der Waals surface area contributed by atoms with Crippen molar-refractivity contribution < 1.29 is 9.53 Å². The number of piperidine rings is 1. The number of carbonyl (C=O) groups excluding carboxylic acids is 1. The van der Waals surface area contributed by atoms with E-state index in [9.17, 15) is 4.79 Å². The van der Waals surface area contributed by atoms with Crippen LogP contribution in [-0.2, 0) is 4.79 Å². The average Bonchev–Trinajstić information content (AvgIpc) is 2.43. The maximum atomic E-state index is 12.4. The fourth-order valence-corrected chi connectivity index (χ4v) is 3.34. The van der Waals surface area contributed by atoms with Crippen molar-refractivity contribution in [1.82, 2.24) is 4.90 Å². The highest BCUT2D eigenvalue weighted by molar-refractivity contribution is 5.78. The number of likely N-dealkylation sites (tertiary alicyclic amines) is 1. The molecule has 0 N–H and O–H groups in total. The Hall–Kier alpha value is -1.51. The normalized spacial score (nSPS) is 22.0. The van der Waals surface area contributed by atoms with Crippen molar-refractivity contribution in [2.24, 2.45) is 11.8 Å². The van der Waals surface area contributed by atoms with Crippen LogP contribution in [0.1, 0.15) is 51.2 Å². The number of rotatable bonds is 4. The summed E-state index contributed by atoms with van der Waals surface area (Å²) in [7, 11) is 0. The zero-order chi connectivity index (χ0) is 16.3. The lowest BCUT2D eigenvalue weighted by Gasteiger charge is -2.35. The van der Waals surface area contributed by atoms with E-state index in [2.05, 4.69) is 39.8 Å². The summed E-state index contributed by atoms with van der Waals surface area (Å²) >= 11 is 0. The van der Waals surface area contributed by atoms with Gasteiger partial charge in [0.25, 0.3) is 5.91 Å². The van der Waals surface area contributed by atoms with Crippen LogP contribution in [0.2, 0.25) is 0 Å². The van der Waals surface area contributed by atoms with Crippen LogP contribution in [0.4, 0.5) is 0 Å². The van der Waals surface area contributed by atoms with Gasteiger partial charge in [-0.2, -0.15) is 0 Å². The van der Waals surface area contributed by atoms with Crippen LogP contribution in [0.3, 0.4) is 0 Å². The van der Waals surface area contributed by atoms with Crippen LogP contribution in [0.15, 0.2) is 18.2 Å². The molecule has 2 atom stereocenters. The number of aryl methyl sites for hydroxylation is 1. The molecule has 0 bridgehead atoms. The van der Waals surface area contributed by atoms with Gasteiger partial charge in [0.15, 0.2) is 6.61 Å². The summed E-state index contributed by atoms with van der Waals surface area (Å²) in [6.45, 7) is 12.6. The van der Waals surface area contributed by atoms with Crippen molar-refractivity contribution in [2.75, 3.05) is 19.7 Å². The van der Waals surface area contributed by atoms with E-state index in [0.29, 0.717) is 17.8 Å². The van der Waals surface area contributed by atoms with Gasteiger partial charge < -0.3 is 9.64 Å². The first-order chi connectivity index (χ1) is 10.4. The molecule has 2 unspecified atom stereocenters. The van der Waals surface area contributed by atoms with Gasteiger partial charge in [-0.05, 0) is 48.3 Å². The summed E-state index contributed by atoms with van der Waals surface area (Å²) in [5.41, 5.74) is 2.32. The fraction of sp³-hybridized carbons (Fsp3) is 0.632. The highest BCUT2D eigenvalue weighted by atomic mass is 16.5. The lowest BCUT2D eigenvalue weighted by molar-refractivity contribution is -0.136. The van der Waals surface area contributed by atoms with Gasteiger partial charge in [-0.1, -0.05) is 39.8 Å². The Labute approximate surface area is 134 Å². The second-order valence-corrected chi connectivity index (χ2v) is 7.23. The van der Waals surface area contributed by atoms with Gasteiger partial charge in [0, 0.05) is 13.1 Å². The van der Waals surface area contributed by atoms with Gasteiger partial charge in [0.2, 0.25) is 0 Å². The first-order valence-electron chi connectivity index (χ1n) is 8.38. The molecule has 2 rings (SSSR count). The highest BCUT2D eigenvalue weighted by Crippen LogP contribution is 2.28. The molecule has 0 spiro atoms. The molecular formula is C19H29NO2. The number of hydrogen-bond acceptors (Lipinski definition) is 2. The Bertz CT molecular complexity index is 514. The predicted molar refractivity (Wildman–Crippen MR) is 90.3 cm³/mol. The maximum absolute atomic E-state index is 12.4. The smallest absolute Gasteiger partial charge is 0.260 e. The van der Waals surface area contributed by atoms with E-state index in [1.165, 1.54) is 12.0 Å². The lowest BCUT2D eigenvalue weighted by Crippen LogP contribution is -2.44. The molecule has 3 heteroatoms. The van der Waals surface area contributed by atoms with Crippen LogP contribution in [0.25, 0.3) is 0 Å². The Morgan fingerprint density at radius 2 is 1.91 bits per heavy atom. The predicted octanol–water partition coefficient (Wildman–Crippen LogP) is 4.00. The van der Waals surface area contributed by atoms with E-state index in [0.717, 1.165) is 24.4 Å². The van der Waals surface area contributed by atoms with Gasteiger partial charge in [-0.25, -0.2) is 0 Å². The number of nitrogens with zero attached hydrogens (tertiary/aromatic N) is 1. The van der Waals surface area contributed by atoms with Gasteiger partial charge >= 0.3 is 0 Å². The van der Waals surface area contributed by atoms with Crippen molar-refractivity contribution >= 4 is 5.91 Å². The molecular weight excluding hydrogens is 274 g/mol. The van der Waals surface area contributed by atoms with Gasteiger partial charge in [0.1, 0.15) is 5.75 Å². The molecule has 0 saturated carbocycles. The Kier molecular flexibility index (Phi) is 5.49. The van der Waals surface area contributed by atoms with E-state index in [-0.39, 0.29) is 12.5 Å². The minimum absolute atomic E-state index is 0.106. The van der Waals surface area contributed by atoms with Crippen LogP contribution in [0, 0.1) is 18.8 Å². The van der Waals surface area contributed by atoms with E-state index < -0.39 is 0 Å². The molecule has 1 aromatic rings. The molecule has 0 radical (unpaired) electrons.